The molecule has 3 aromatic rings. The zero-order valence-electron chi connectivity index (χ0n) is 14.4. The first kappa shape index (κ1) is 19.4. The summed E-state index contributed by atoms with van der Waals surface area (Å²) >= 11 is 13.2. The molecule has 0 fully saturated rings. The average molecular weight is 424 g/mol. The van der Waals surface area contributed by atoms with E-state index in [1.54, 1.807) is 43.3 Å². The molecule has 0 aliphatic heterocycles. The van der Waals surface area contributed by atoms with E-state index >= 15 is 0 Å². The molecule has 1 atom stereocenters. The van der Waals surface area contributed by atoms with Crippen LogP contribution in [-0.4, -0.2) is 22.9 Å². The molecule has 140 valence electrons. The number of ether oxygens (including phenoxy) is 1. The van der Waals surface area contributed by atoms with Gasteiger partial charge in [0.25, 0.3) is 5.91 Å². The minimum absolute atomic E-state index is 0.153. The molecular formula is C18H15Cl2N3O3S. The molecule has 3 rings (SSSR count). The topological polar surface area (TPSA) is 80.3 Å². The van der Waals surface area contributed by atoms with Gasteiger partial charge < -0.3 is 10.1 Å². The summed E-state index contributed by atoms with van der Waals surface area (Å²) in [6.45, 7) is 3.05. The number of carbonyl (C=O) groups is 2. The van der Waals surface area contributed by atoms with Crippen molar-refractivity contribution in [3.05, 3.63) is 46.4 Å². The van der Waals surface area contributed by atoms with E-state index in [-0.39, 0.29) is 11.8 Å². The Morgan fingerprint density at radius 1 is 1.15 bits per heavy atom. The number of hydrogen-bond donors (Lipinski definition) is 2. The summed E-state index contributed by atoms with van der Waals surface area (Å²) in [5, 5.41) is 6.69. The number of aromatic nitrogens is 1. The number of halogens is 2. The molecule has 27 heavy (non-hydrogen) atoms. The first-order valence-electron chi connectivity index (χ1n) is 7.92. The van der Waals surface area contributed by atoms with Gasteiger partial charge in [0.2, 0.25) is 5.91 Å². The van der Waals surface area contributed by atoms with Gasteiger partial charge in [-0.05, 0) is 43.3 Å². The largest absolute Gasteiger partial charge is 0.479 e. The van der Waals surface area contributed by atoms with Gasteiger partial charge in [0.15, 0.2) is 11.2 Å². The third-order valence-corrected chi connectivity index (χ3v) is 4.97. The molecule has 2 amide bonds. The first-order valence-corrected chi connectivity index (χ1v) is 9.50. The van der Waals surface area contributed by atoms with E-state index in [0.717, 1.165) is 10.2 Å². The van der Waals surface area contributed by atoms with E-state index in [1.807, 2.05) is 0 Å². The van der Waals surface area contributed by atoms with Crippen molar-refractivity contribution in [2.75, 3.05) is 10.6 Å². The zero-order chi connectivity index (χ0) is 19.6. The molecule has 2 aromatic carbocycles. The Morgan fingerprint density at radius 2 is 1.93 bits per heavy atom. The molecule has 0 unspecified atom stereocenters. The number of thiazole rings is 1. The van der Waals surface area contributed by atoms with Gasteiger partial charge in [-0.25, -0.2) is 4.98 Å². The molecule has 1 heterocycles. The molecule has 0 radical (unpaired) electrons. The van der Waals surface area contributed by atoms with Crippen LogP contribution in [0.1, 0.15) is 13.8 Å². The van der Waals surface area contributed by atoms with E-state index in [0.29, 0.717) is 26.6 Å². The van der Waals surface area contributed by atoms with Crippen molar-refractivity contribution in [2.24, 2.45) is 0 Å². The lowest BCUT2D eigenvalue weighted by molar-refractivity contribution is -0.122. The van der Waals surface area contributed by atoms with Crippen LogP contribution in [0.2, 0.25) is 10.0 Å². The number of nitrogens with zero attached hydrogens (tertiary/aromatic N) is 1. The second-order valence-electron chi connectivity index (χ2n) is 5.71. The highest BCUT2D eigenvalue weighted by Crippen LogP contribution is 2.30. The first-order chi connectivity index (χ1) is 12.8. The van der Waals surface area contributed by atoms with Crippen LogP contribution in [0, 0.1) is 0 Å². The van der Waals surface area contributed by atoms with Gasteiger partial charge in [-0.15, -0.1) is 0 Å². The highest BCUT2D eigenvalue weighted by molar-refractivity contribution is 7.22. The summed E-state index contributed by atoms with van der Waals surface area (Å²) in [6.07, 6.45) is -0.786. The monoisotopic (exact) mass is 423 g/mol. The van der Waals surface area contributed by atoms with Crippen LogP contribution in [0.3, 0.4) is 0 Å². The summed E-state index contributed by atoms with van der Waals surface area (Å²) in [7, 11) is 0. The van der Waals surface area contributed by atoms with Crippen LogP contribution < -0.4 is 15.4 Å². The summed E-state index contributed by atoms with van der Waals surface area (Å²) in [4.78, 5) is 27.9. The zero-order valence-corrected chi connectivity index (χ0v) is 16.7. The Balaban J connectivity index is 1.70. The Kier molecular flexibility index (Phi) is 5.84. The number of anilines is 2. The maximum absolute atomic E-state index is 12.4. The van der Waals surface area contributed by atoms with Crippen LogP contribution in [-0.2, 0) is 9.59 Å². The van der Waals surface area contributed by atoms with Crippen molar-refractivity contribution < 1.29 is 14.3 Å². The van der Waals surface area contributed by atoms with Gasteiger partial charge in [-0.3, -0.25) is 14.9 Å². The van der Waals surface area contributed by atoms with Gasteiger partial charge in [0, 0.05) is 17.6 Å². The molecule has 0 saturated carbocycles. The van der Waals surface area contributed by atoms with Crippen molar-refractivity contribution in [2.45, 2.75) is 20.0 Å². The Labute approximate surface area is 169 Å². The standard InChI is InChI=1S/C18H15Cl2N3O3S/c1-9(26-15-6-3-11(19)7-13(15)20)17(25)23-18-22-14-5-4-12(21-10(2)24)8-16(14)27-18/h3-9H,1-2H3,(H,21,24)(H,22,23,25)/t9-/m1/s1. The van der Waals surface area contributed by atoms with Gasteiger partial charge in [-0.1, -0.05) is 34.5 Å². The minimum Gasteiger partial charge on any atom is -0.479 e. The van der Waals surface area contributed by atoms with Crippen LogP contribution in [0.5, 0.6) is 5.75 Å². The fourth-order valence-electron chi connectivity index (χ4n) is 2.28. The van der Waals surface area contributed by atoms with E-state index in [2.05, 4.69) is 15.6 Å². The van der Waals surface area contributed by atoms with Crippen LogP contribution in [0.4, 0.5) is 10.8 Å². The lowest BCUT2D eigenvalue weighted by atomic mass is 10.3. The Bertz CT molecular complexity index is 1020. The lowest BCUT2D eigenvalue weighted by Crippen LogP contribution is -2.30. The highest BCUT2D eigenvalue weighted by Gasteiger charge is 2.18. The predicted octanol–water partition coefficient (Wildman–Crippen LogP) is 4.97. The number of nitrogens with one attached hydrogen (secondary N) is 2. The fourth-order valence-corrected chi connectivity index (χ4v) is 3.64. The lowest BCUT2D eigenvalue weighted by Gasteiger charge is -2.14. The minimum atomic E-state index is -0.786. The van der Waals surface area contributed by atoms with Crippen molar-refractivity contribution in [3.63, 3.8) is 0 Å². The summed E-state index contributed by atoms with van der Waals surface area (Å²) in [6, 6.07) is 10.1. The van der Waals surface area contributed by atoms with Gasteiger partial charge in [-0.2, -0.15) is 0 Å². The van der Waals surface area contributed by atoms with Gasteiger partial charge in [0.05, 0.1) is 15.2 Å². The maximum atomic E-state index is 12.4. The Hall–Kier alpha value is -2.35. The number of hydrogen-bond acceptors (Lipinski definition) is 5. The molecule has 0 saturated heterocycles. The normalized spacial score (nSPS) is 11.9. The molecule has 0 spiro atoms. The molecule has 9 heteroatoms. The molecule has 0 aliphatic rings. The number of benzene rings is 2. The van der Waals surface area contributed by atoms with E-state index < -0.39 is 6.10 Å². The summed E-state index contributed by atoms with van der Waals surface area (Å²) < 4.78 is 6.44. The SMILES string of the molecule is CC(=O)Nc1ccc2nc(NC(=O)[C@@H](C)Oc3ccc(Cl)cc3Cl)sc2c1. The number of rotatable bonds is 5. The fraction of sp³-hybridized carbons (Fsp3) is 0.167. The quantitative estimate of drug-likeness (QED) is 0.606. The van der Waals surface area contributed by atoms with Crippen molar-refractivity contribution in [1.82, 2.24) is 4.98 Å². The third-order valence-electron chi connectivity index (χ3n) is 3.51. The second kappa shape index (κ2) is 8.12. The van der Waals surface area contributed by atoms with Gasteiger partial charge in [0.1, 0.15) is 5.75 Å². The highest BCUT2D eigenvalue weighted by atomic mass is 35.5. The molecule has 6 nitrogen and oxygen atoms in total. The van der Waals surface area contributed by atoms with Crippen LogP contribution in [0.25, 0.3) is 10.2 Å². The number of fused-ring (bicyclic) bond motifs is 1. The van der Waals surface area contributed by atoms with Crippen molar-refractivity contribution >= 4 is 67.4 Å². The molecule has 2 N–H and O–H groups in total. The smallest absolute Gasteiger partial charge is 0.266 e. The van der Waals surface area contributed by atoms with E-state index in [1.165, 1.54) is 18.3 Å². The molecule has 0 aliphatic carbocycles. The Morgan fingerprint density at radius 3 is 2.63 bits per heavy atom. The van der Waals surface area contributed by atoms with Crippen LogP contribution >= 0.6 is 34.5 Å². The number of carbonyl (C=O) groups excluding carboxylic acids is 2. The maximum Gasteiger partial charge on any atom is 0.266 e. The third kappa shape index (κ3) is 4.88. The average Bonchev–Trinajstić information content (AvgIpc) is 2.98. The van der Waals surface area contributed by atoms with Crippen molar-refractivity contribution in [1.29, 1.82) is 0 Å². The van der Waals surface area contributed by atoms with Crippen LogP contribution in [0.15, 0.2) is 36.4 Å². The molecule has 1 aromatic heterocycles. The molecular weight excluding hydrogens is 409 g/mol. The molecule has 0 bridgehead atoms. The van der Waals surface area contributed by atoms with E-state index in [9.17, 15) is 9.59 Å². The van der Waals surface area contributed by atoms with Crippen molar-refractivity contribution in [3.8, 4) is 5.75 Å². The summed E-state index contributed by atoms with van der Waals surface area (Å²) in [5.74, 6) is -0.144. The summed E-state index contributed by atoms with van der Waals surface area (Å²) in [5.41, 5.74) is 1.39. The van der Waals surface area contributed by atoms with E-state index in [4.69, 9.17) is 27.9 Å². The van der Waals surface area contributed by atoms with Gasteiger partial charge >= 0.3 is 0 Å². The number of amides is 2. The second-order valence-corrected chi connectivity index (χ2v) is 7.58. The predicted molar refractivity (Wildman–Crippen MR) is 109 cm³/mol.